The molecular formula is C19H14N6O5. The lowest BCUT2D eigenvalue weighted by Crippen LogP contribution is -2.31. The Morgan fingerprint density at radius 1 is 1.13 bits per heavy atom. The van der Waals surface area contributed by atoms with Gasteiger partial charge in [-0.15, -0.1) is 0 Å². The third kappa shape index (κ3) is 3.17. The second kappa shape index (κ2) is 7.54. The number of hydrogen-bond donors (Lipinski definition) is 1. The molecule has 4 rings (SSSR count). The number of nitro benzene ring substituents is 1. The lowest BCUT2D eigenvalue weighted by atomic mass is 9.89. The normalized spacial score (nSPS) is 15.2. The maximum atomic E-state index is 13.4. The predicted octanol–water partition coefficient (Wildman–Crippen LogP) is 2.02. The molecule has 30 heavy (non-hydrogen) atoms. The van der Waals surface area contributed by atoms with Crippen molar-refractivity contribution in [2.45, 2.75) is 6.04 Å². The van der Waals surface area contributed by atoms with Crippen molar-refractivity contribution in [2.75, 3.05) is 12.4 Å². The summed E-state index contributed by atoms with van der Waals surface area (Å²) >= 11 is 0. The van der Waals surface area contributed by atoms with E-state index in [-0.39, 0.29) is 22.9 Å². The van der Waals surface area contributed by atoms with Crippen LogP contribution in [-0.2, 0) is 9.53 Å². The second-order valence-corrected chi connectivity index (χ2v) is 6.29. The van der Waals surface area contributed by atoms with E-state index in [9.17, 15) is 19.7 Å². The van der Waals surface area contributed by atoms with Crippen LogP contribution < -0.4 is 5.32 Å². The standard InChI is InChI=1S/C19H14N6O5/c1-30-18(27)16-14(17(26)12-5-3-2-4-6-12)15(20-19-21-22-23-24(16)19)11-7-9-13(10-8-11)25(28)29/h2-10,15H,1H3,(H,20,21,23)/t15-/m1/s1. The van der Waals surface area contributed by atoms with Gasteiger partial charge in [-0.3, -0.25) is 14.9 Å². The highest BCUT2D eigenvalue weighted by Crippen LogP contribution is 2.37. The number of rotatable bonds is 5. The Hall–Kier alpha value is -4.41. The zero-order valence-corrected chi connectivity index (χ0v) is 15.6. The number of aromatic nitrogens is 4. The number of benzene rings is 2. The van der Waals surface area contributed by atoms with E-state index in [4.69, 9.17) is 4.74 Å². The summed E-state index contributed by atoms with van der Waals surface area (Å²) in [5.41, 5.74) is 0.678. The van der Waals surface area contributed by atoms with Gasteiger partial charge in [-0.1, -0.05) is 35.4 Å². The molecule has 0 bridgehead atoms. The van der Waals surface area contributed by atoms with Gasteiger partial charge in [-0.25, -0.2) is 4.79 Å². The van der Waals surface area contributed by atoms with Crippen molar-refractivity contribution in [3.8, 4) is 0 Å². The van der Waals surface area contributed by atoms with Crippen molar-refractivity contribution in [3.63, 3.8) is 0 Å². The molecule has 0 saturated carbocycles. The first-order valence-corrected chi connectivity index (χ1v) is 8.73. The monoisotopic (exact) mass is 406 g/mol. The number of tetrazole rings is 1. The van der Waals surface area contributed by atoms with Gasteiger partial charge >= 0.3 is 5.97 Å². The average molecular weight is 406 g/mol. The fraction of sp³-hybridized carbons (Fsp3) is 0.105. The number of nitro groups is 1. The Morgan fingerprint density at radius 3 is 2.47 bits per heavy atom. The summed E-state index contributed by atoms with van der Waals surface area (Å²) in [6, 6.07) is 13.2. The maximum absolute atomic E-state index is 13.4. The van der Waals surface area contributed by atoms with Crippen LogP contribution in [-0.4, -0.2) is 44.0 Å². The molecule has 2 aromatic carbocycles. The van der Waals surface area contributed by atoms with Gasteiger partial charge in [0.05, 0.1) is 23.6 Å². The lowest BCUT2D eigenvalue weighted by Gasteiger charge is -2.28. The minimum Gasteiger partial charge on any atom is -0.464 e. The van der Waals surface area contributed by atoms with Gasteiger partial charge in [0.15, 0.2) is 11.5 Å². The molecule has 1 N–H and O–H groups in total. The summed E-state index contributed by atoms with van der Waals surface area (Å²) in [5.74, 6) is -1.10. The first-order chi connectivity index (χ1) is 14.5. The smallest absolute Gasteiger partial charge is 0.357 e. The summed E-state index contributed by atoms with van der Waals surface area (Å²) < 4.78 is 5.99. The van der Waals surface area contributed by atoms with E-state index in [0.717, 1.165) is 4.68 Å². The second-order valence-electron chi connectivity index (χ2n) is 6.29. The molecule has 0 fully saturated rings. The Balaban J connectivity index is 1.93. The Morgan fingerprint density at radius 2 is 1.83 bits per heavy atom. The Labute approximate surface area is 169 Å². The number of anilines is 1. The number of nitrogens with zero attached hydrogens (tertiary/aromatic N) is 5. The summed E-state index contributed by atoms with van der Waals surface area (Å²) in [4.78, 5) is 36.5. The molecule has 11 nitrogen and oxygen atoms in total. The molecule has 0 spiro atoms. The van der Waals surface area contributed by atoms with Gasteiger partial charge in [0.25, 0.3) is 5.69 Å². The first-order valence-electron chi connectivity index (χ1n) is 8.73. The van der Waals surface area contributed by atoms with Gasteiger partial charge in [0.2, 0.25) is 5.95 Å². The predicted molar refractivity (Wildman–Crippen MR) is 103 cm³/mol. The number of fused-ring (bicyclic) bond motifs is 1. The molecule has 1 atom stereocenters. The van der Waals surface area contributed by atoms with Gasteiger partial charge < -0.3 is 10.1 Å². The average Bonchev–Trinajstić information content (AvgIpc) is 3.26. The molecule has 3 aromatic rings. The third-order valence-electron chi connectivity index (χ3n) is 4.60. The summed E-state index contributed by atoms with van der Waals surface area (Å²) in [7, 11) is 1.19. The number of hydrogen-bond acceptors (Lipinski definition) is 9. The van der Waals surface area contributed by atoms with Crippen molar-refractivity contribution < 1.29 is 19.2 Å². The summed E-state index contributed by atoms with van der Waals surface area (Å²) in [6.45, 7) is 0. The van der Waals surface area contributed by atoms with Gasteiger partial charge in [0, 0.05) is 17.7 Å². The van der Waals surface area contributed by atoms with Crippen molar-refractivity contribution in [3.05, 3.63) is 81.4 Å². The molecule has 11 heteroatoms. The fourth-order valence-electron chi connectivity index (χ4n) is 3.20. The van der Waals surface area contributed by atoms with E-state index in [1.807, 2.05) is 0 Å². The fourth-order valence-corrected chi connectivity index (χ4v) is 3.20. The van der Waals surface area contributed by atoms with E-state index in [1.54, 1.807) is 30.3 Å². The van der Waals surface area contributed by atoms with E-state index >= 15 is 0 Å². The number of methoxy groups -OCH3 is 1. The summed E-state index contributed by atoms with van der Waals surface area (Å²) in [6.07, 6.45) is 0. The van der Waals surface area contributed by atoms with Crippen LogP contribution in [0.5, 0.6) is 0 Å². The Bertz CT molecular complexity index is 1170. The third-order valence-corrected chi connectivity index (χ3v) is 4.60. The van der Waals surface area contributed by atoms with Gasteiger partial charge in [0.1, 0.15) is 0 Å². The SMILES string of the molecule is COC(=O)C1=C(C(=O)c2ccccc2)[C@@H](c2ccc([N+](=O)[O-])cc2)Nc2nnnn21. The van der Waals surface area contributed by atoms with E-state index in [2.05, 4.69) is 20.8 Å². The van der Waals surface area contributed by atoms with Crippen molar-refractivity contribution in [1.29, 1.82) is 0 Å². The van der Waals surface area contributed by atoms with Gasteiger partial charge in [-0.2, -0.15) is 4.68 Å². The van der Waals surface area contributed by atoms with Crippen molar-refractivity contribution in [2.24, 2.45) is 0 Å². The highest BCUT2D eigenvalue weighted by molar-refractivity contribution is 6.24. The molecule has 2 heterocycles. The van der Waals surface area contributed by atoms with Crippen molar-refractivity contribution in [1.82, 2.24) is 20.2 Å². The maximum Gasteiger partial charge on any atom is 0.357 e. The number of carbonyl (C=O) groups is 2. The van der Waals surface area contributed by atoms with Crippen LogP contribution in [0, 0.1) is 10.1 Å². The van der Waals surface area contributed by atoms with Crippen LogP contribution >= 0.6 is 0 Å². The highest BCUT2D eigenvalue weighted by atomic mass is 16.6. The molecule has 0 amide bonds. The van der Waals surface area contributed by atoms with Crippen molar-refractivity contribution >= 4 is 29.1 Å². The first kappa shape index (κ1) is 18.9. The molecule has 0 aliphatic carbocycles. The zero-order valence-electron chi connectivity index (χ0n) is 15.6. The number of nitrogens with one attached hydrogen (secondary N) is 1. The number of ether oxygens (including phenoxy) is 1. The number of Topliss-reactive ketones (excluding diaryl/α,β-unsaturated/α-hetero) is 1. The number of esters is 1. The molecule has 0 radical (unpaired) electrons. The minimum absolute atomic E-state index is 0.0571. The van der Waals surface area contributed by atoms with Crippen LogP contribution in [0.3, 0.4) is 0 Å². The topological polar surface area (TPSA) is 142 Å². The lowest BCUT2D eigenvalue weighted by molar-refractivity contribution is -0.384. The molecule has 1 aliphatic rings. The number of ketones is 1. The quantitative estimate of drug-likeness (QED) is 0.291. The van der Waals surface area contributed by atoms with Crippen LogP contribution in [0.25, 0.3) is 5.70 Å². The molecule has 0 saturated heterocycles. The number of non-ortho nitro benzene ring substituents is 1. The van der Waals surface area contributed by atoms with Crippen LogP contribution in [0.15, 0.2) is 60.2 Å². The van der Waals surface area contributed by atoms with Crippen LogP contribution in [0.2, 0.25) is 0 Å². The van der Waals surface area contributed by atoms with E-state index < -0.39 is 22.7 Å². The van der Waals surface area contributed by atoms with Crippen LogP contribution in [0.1, 0.15) is 22.0 Å². The Kier molecular flexibility index (Phi) is 4.76. The molecule has 1 aromatic heterocycles. The van der Waals surface area contributed by atoms with Gasteiger partial charge in [-0.05, 0) is 28.1 Å². The minimum atomic E-state index is -0.842. The van der Waals surface area contributed by atoms with E-state index in [0.29, 0.717) is 11.1 Å². The van der Waals surface area contributed by atoms with E-state index in [1.165, 1.54) is 31.4 Å². The molecular weight excluding hydrogens is 392 g/mol. The summed E-state index contributed by atoms with van der Waals surface area (Å²) in [5, 5.41) is 25.2. The molecule has 150 valence electrons. The highest BCUT2D eigenvalue weighted by Gasteiger charge is 2.38. The molecule has 1 aliphatic heterocycles. The number of carbonyl (C=O) groups excluding carboxylic acids is 2. The van der Waals surface area contributed by atoms with Crippen LogP contribution in [0.4, 0.5) is 11.6 Å². The zero-order chi connectivity index (χ0) is 21.3. The largest absolute Gasteiger partial charge is 0.464 e. The molecule has 0 unspecified atom stereocenters.